The number of halogens is 3. The molecule has 180 valence electrons. The van der Waals surface area contributed by atoms with Gasteiger partial charge in [-0.15, -0.1) is 0 Å². The predicted molar refractivity (Wildman–Crippen MR) is 121 cm³/mol. The molecular weight excluding hydrogens is 500 g/mol. The third-order valence-electron chi connectivity index (χ3n) is 6.77. The molecule has 3 aromatic rings. The minimum absolute atomic E-state index is 0.0141. The van der Waals surface area contributed by atoms with Crippen molar-refractivity contribution < 1.29 is 28.0 Å². The highest BCUT2D eigenvalue weighted by Gasteiger charge is 2.72. The maximum atomic E-state index is 13.5. The Balaban J connectivity index is 1.04. The van der Waals surface area contributed by atoms with Crippen LogP contribution < -0.4 is 14.8 Å². The van der Waals surface area contributed by atoms with Gasteiger partial charge in [-0.25, -0.2) is 4.39 Å². The summed E-state index contributed by atoms with van der Waals surface area (Å²) >= 11 is 11.6. The summed E-state index contributed by atoms with van der Waals surface area (Å²) in [5.74, 6) is 0.430. The molecule has 2 heterocycles. The highest BCUT2D eigenvalue weighted by atomic mass is 35.5. The smallest absolute Gasteiger partial charge is 0.261 e. The summed E-state index contributed by atoms with van der Waals surface area (Å²) in [6, 6.07) is 8.93. The SMILES string of the molecule is O=C1C[C@H](C(=O)N[C@]23C[C@](c4nc(COc5ccc(Cl)c(F)c5)no4)(C2)C3)Oc2ccc(Cl)cc21. The number of Topliss-reactive ketones (excluding diaryl/α,β-unsaturated/α-hetero) is 1. The van der Waals surface area contributed by atoms with Crippen LogP contribution in [0.15, 0.2) is 40.9 Å². The summed E-state index contributed by atoms with van der Waals surface area (Å²) in [7, 11) is 0. The van der Waals surface area contributed by atoms with E-state index < -0.39 is 11.9 Å². The van der Waals surface area contributed by atoms with E-state index in [1.165, 1.54) is 12.1 Å². The number of amides is 1. The monoisotopic (exact) mass is 517 g/mol. The molecule has 2 bridgehead atoms. The second kappa shape index (κ2) is 7.93. The topological polar surface area (TPSA) is 104 Å². The zero-order valence-electron chi connectivity index (χ0n) is 18.1. The van der Waals surface area contributed by atoms with Gasteiger partial charge in [-0.1, -0.05) is 28.4 Å². The first-order chi connectivity index (χ1) is 16.7. The number of carbonyl (C=O) groups excluding carboxylic acids is 2. The van der Waals surface area contributed by atoms with E-state index in [9.17, 15) is 14.0 Å². The van der Waals surface area contributed by atoms with Gasteiger partial charge >= 0.3 is 0 Å². The number of rotatable bonds is 6. The summed E-state index contributed by atoms with van der Waals surface area (Å²) in [4.78, 5) is 29.7. The zero-order chi connectivity index (χ0) is 24.4. The highest BCUT2D eigenvalue weighted by Crippen LogP contribution is 2.67. The Morgan fingerprint density at radius 1 is 1.20 bits per heavy atom. The van der Waals surface area contributed by atoms with Gasteiger partial charge in [0.25, 0.3) is 5.91 Å². The van der Waals surface area contributed by atoms with Crippen LogP contribution in [0.25, 0.3) is 0 Å². The molecule has 0 spiro atoms. The lowest BCUT2D eigenvalue weighted by molar-refractivity contribution is -0.148. The molecule has 1 N–H and O–H groups in total. The Bertz CT molecular complexity index is 1360. The van der Waals surface area contributed by atoms with Gasteiger partial charge < -0.3 is 19.3 Å². The largest absolute Gasteiger partial charge is 0.485 e. The van der Waals surface area contributed by atoms with E-state index in [4.69, 9.17) is 37.2 Å². The molecule has 0 saturated heterocycles. The van der Waals surface area contributed by atoms with Crippen LogP contribution in [-0.4, -0.2) is 33.5 Å². The number of benzene rings is 2. The third-order valence-corrected chi connectivity index (χ3v) is 7.32. The number of ether oxygens (including phenoxy) is 2. The molecule has 35 heavy (non-hydrogen) atoms. The maximum absolute atomic E-state index is 13.5. The lowest BCUT2D eigenvalue weighted by Gasteiger charge is -2.68. The van der Waals surface area contributed by atoms with Crippen molar-refractivity contribution in [2.24, 2.45) is 0 Å². The van der Waals surface area contributed by atoms with Gasteiger partial charge in [-0.05, 0) is 49.6 Å². The van der Waals surface area contributed by atoms with Gasteiger partial charge in [0, 0.05) is 16.6 Å². The van der Waals surface area contributed by atoms with E-state index in [0.29, 0.717) is 53.1 Å². The molecule has 11 heteroatoms. The van der Waals surface area contributed by atoms with E-state index in [2.05, 4.69) is 15.5 Å². The Morgan fingerprint density at radius 3 is 2.77 bits per heavy atom. The Morgan fingerprint density at radius 2 is 2.00 bits per heavy atom. The first-order valence-electron chi connectivity index (χ1n) is 11.0. The average Bonchev–Trinajstić information content (AvgIpc) is 3.25. The number of nitrogens with one attached hydrogen (secondary N) is 1. The van der Waals surface area contributed by atoms with Crippen LogP contribution >= 0.6 is 23.2 Å². The van der Waals surface area contributed by atoms with Gasteiger partial charge in [-0.2, -0.15) is 4.98 Å². The number of ketones is 1. The predicted octanol–water partition coefficient (Wildman–Crippen LogP) is 4.42. The molecule has 7 rings (SSSR count). The van der Waals surface area contributed by atoms with Crippen molar-refractivity contribution in [1.29, 1.82) is 0 Å². The minimum Gasteiger partial charge on any atom is -0.485 e. The number of aromatic nitrogens is 2. The summed E-state index contributed by atoms with van der Waals surface area (Å²) in [5, 5.41) is 7.45. The standard InChI is InChI=1S/C24H18Cl2FN3O5/c25-12-1-4-18-14(5-12)17(31)7-19(34-18)21(32)29-24-9-23(10-24,11-24)22-28-20(30-35-22)8-33-13-2-3-15(26)16(27)6-13/h1-6,19H,7-11H2,(H,29,32)/t19-,23-,24+/m1/s1. The van der Waals surface area contributed by atoms with Crippen LogP contribution in [0.3, 0.4) is 0 Å². The van der Waals surface area contributed by atoms with E-state index >= 15 is 0 Å². The molecule has 1 aromatic heterocycles. The Labute approximate surface area is 208 Å². The molecule has 2 aromatic carbocycles. The van der Waals surface area contributed by atoms with Gasteiger partial charge in [0.1, 0.15) is 17.3 Å². The number of hydrogen-bond acceptors (Lipinski definition) is 7. The van der Waals surface area contributed by atoms with Crippen molar-refractivity contribution in [3.05, 3.63) is 69.5 Å². The fraction of sp³-hybridized carbons (Fsp3) is 0.333. The summed E-state index contributed by atoms with van der Waals surface area (Å²) < 4.78 is 30.3. The van der Waals surface area contributed by atoms with E-state index in [-0.39, 0.29) is 40.7 Å². The second-order valence-electron chi connectivity index (χ2n) is 9.33. The lowest BCUT2D eigenvalue weighted by atomic mass is 9.39. The first kappa shape index (κ1) is 22.3. The molecular formula is C24H18Cl2FN3O5. The lowest BCUT2D eigenvalue weighted by Crippen LogP contribution is -2.77. The van der Waals surface area contributed by atoms with Crippen molar-refractivity contribution in [3.8, 4) is 11.5 Å². The number of fused-ring (bicyclic) bond motifs is 1. The third kappa shape index (κ3) is 3.83. The van der Waals surface area contributed by atoms with Gasteiger partial charge in [-0.3, -0.25) is 9.59 Å². The first-order valence-corrected chi connectivity index (χ1v) is 11.7. The van der Waals surface area contributed by atoms with Crippen molar-refractivity contribution in [2.75, 3.05) is 0 Å². The van der Waals surface area contributed by atoms with E-state index in [1.807, 2.05) is 0 Å². The van der Waals surface area contributed by atoms with Crippen molar-refractivity contribution >= 4 is 34.9 Å². The Hall–Kier alpha value is -3.17. The van der Waals surface area contributed by atoms with Crippen LogP contribution in [-0.2, 0) is 16.8 Å². The number of hydrogen-bond donors (Lipinski definition) is 1. The van der Waals surface area contributed by atoms with Gasteiger partial charge in [0.15, 0.2) is 18.5 Å². The maximum Gasteiger partial charge on any atom is 0.261 e. The van der Waals surface area contributed by atoms with Crippen molar-refractivity contribution in [1.82, 2.24) is 15.5 Å². The molecule has 4 aliphatic rings. The van der Waals surface area contributed by atoms with Crippen LogP contribution in [0.5, 0.6) is 11.5 Å². The van der Waals surface area contributed by atoms with Crippen LogP contribution in [0.2, 0.25) is 10.0 Å². The zero-order valence-corrected chi connectivity index (χ0v) is 19.7. The van der Waals surface area contributed by atoms with Gasteiger partial charge in [0.2, 0.25) is 11.7 Å². The van der Waals surface area contributed by atoms with Crippen molar-refractivity contribution in [3.63, 3.8) is 0 Å². The number of carbonyl (C=O) groups is 2. The van der Waals surface area contributed by atoms with E-state index in [0.717, 1.165) is 0 Å². The van der Waals surface area contributed by atoms with Crippen LogP contribution in [0, 0.1) is 5.82 Å². The average molecular weight is 518 g/mol. The normalized spacial score (nSPS) is 26.1. The van der Waals surface area contributed by atoms with E-state index in [1.54, 1.807) is 24.3 Å². The summed E-state index contributed by atoms with van der Waals surface area (Å²) in [5.41, 5.74) is -0.254. The second-order valence-corrected chi connectivity index (χ2v) is 10.2. The molecule has 3 saturated carbocycles. The van der Waals surface area contributed by atoms with Crippen LogP contribution in [0.1, 0.15) is 47.8 Å². The van der Waals surface area contributed by atoms with Crippen LogP contribution in [0.4, 0.5) is 4.39 Å². The molecule has 1 amide bonds. The quantitative estimate of drug-likeness (QED) is 0.516. The molecule has 1 aliphatic heterocycles. The van der Waals surface area contributed by atoms with Gasteiger partial charge in [0.05, 0.1) is 22.4 Å². The fourth-order valence-electron chi connectivity index (χ4n) is 5.17. The molecule has 1 atom stereocenters. The highest BCUT2D eigenvalue weighted by molar-refractivity contribution is 6.31. The minimum atomic E-state index is -0.883. The molecule has 3 aliphatic carbocycles. The fourth-order valence-corrected chi connectivity index (χ4v) is 5.46. The Kier molecular flexibility index (Phi) is 5.05. The summed E-state index contributed by atoms with van der Waals surface area (Å²) in [6.07, 6.45) is 1.05. The molecule has 8 nitrogen and oxygen atoms in total. The number of nitrogens with zero attached hydrogens (tertiary/aromatic N) is 2. The summed E-state index contributed by atoms with van der Waals surface area (Å²) in [6.45, 7) is 0.0161. The molecule has 3 fully saturated rings. The molecule has 0 radical (unpaired) electrons. The van der Waals surface area contributed by atoms with Crippen molar-refractivity contribution in [2.45, 2.75) is 49.3 Å². The molecule has 0 unspecified atom stereocenters.